The Morgan fingerprint density at radius 1 is 0.352 bits per heavy atom. The zero-order chi connectivity index (χ0) is 38.4. The van der Waals surface area contributed by atoms with E-state index in [0.717, 1.165) is 0 Å². The summed E-state index contributed by atoms with van der Waals surface area (Å²) in [7, 11) is -16.7. The number of nitrogens with one attached hydrogen (secondary N) is 6. The molecule has 0 aliphatic rings. The zero-order valence-corrected chi connectivity index (χ0v) is 30.8. The van der Waals surface area contributed by atoms with Crippen molar-refractivity contribution >= 4 is 73.8 Å². The molecule has 0 atom stereocenters. The van der Waals surface area contributed by atoms with E-state index in [9.17, 15) is 33.7 Å². The summed E-state index contributed by atoms with van der Waals surface area (Å²) in [5.41, 5.74) is 10.5. The van der Waals surface area contributed by atoms with Crippen LogP contribution in [-0.2, 0) is 48.9 Å². The minimum atomic E-state index is -4.54. The van der Waals surface area contributed by atoms with Gasteiger partial charge in [-0.1, -0.05) is 71.8 Å². The molecule has 0 unspecified atom stereocenters. The van der Waals surface area contributed by atoms with Crippen molar-refractivity contribution in [1.82, 2.24) is 11.2 Å². The van der Waals surface area contributed by atoms with Gasteiger partial charge in [0.15, 0.2) is 0 Å². The number of anilines is 4. The molecule has 0 radical (unpaired) electrons. The average Bonchev–Trinajstić information content (AvgIpc) is 3.16. The van der Waals surface area contributed by atoms with Crippen LogP contribution >= 0.6 is 0 Å². The van der Waals surface area contributed by atoms with Crippen LogP contribution in [0.2, 0.25) is 0 Å². The molecule has 16 nitrogen and oxygen atoms in total. The number of hydrogen-bond donors (Lipinski definition) is 6. The highest BCUT2D eigenvalue weighted by Gasteiger charge is 2.24. The molecule has 0 saturated carbocycles. The second-order valence-corrected chi connectivity index (χ2v) is 17.5. The lowest BCUT2D eigenvalue weighted by atomic mass is 10.1. The third kappa shape index (κ3) is 9.13. The molecule has 0 bridgehead atoms. The van der Waals surface area contributed by atoms with Crippen LogP contribution in [0.25, 0.3) is 10.8 Å². The normalized spacial score (nSPS) is 12.2. The quantitative estimate of drug-likeness (QED) is 0.0714. The highest BCUT2D eigenvalue weighted by atomic mass is 32.2. The molecule has 6 aromatic rings. The van der Waals surface area contributed by atoms with Crippen LogP contribution in [0.4, 0.5) is 22.7 Å². The maximum atomic E-state index is 13.2. The molecule has 0 saturated heterocycles. The summed E-state index contributed by atoms with van der Waals surface area (Å²) in [6, 6.07) is 35.2. The van der Waals surface area contributed by atoms with Gasteiger partial charge in [-0.3, -0.25) is 20.3 Å². The summed E-state index contributed by atoms with van der Waals surface area (Å²) < 4.78 is 118. The van der Waals surface area contributed by atoms with E-state index >= 15 is 0 Å². The summed E-state index contributed by atoms with van der Waals surface area (Å²) >= 11 is 0. The van der Waals surface area contributed by atoms with E-state index in [2.05, 4.69) is 31.5 Å². The summed E-state index contributed by atoms with van der Waals surface area (Å²) in [5.74, 6) is 0. The fraction of sp³-hybridized carbons (Fsp3) is 0. The Labute approximate surface area is 311 Å². The molecule has 0 heterocycles. The number of rotatable bonds is 16. The summed E-state index contributed by atoms with van der Waals surface area (Å²) in [6.45, 7) is 0. The minimum absolute atomic E-state index is 0.0144. The molecule has 6 N–H and O–H groups in total. The number of hydrazine groups is 2. The fourth-order valence-corrected chi connectivity index (χ4v) is 8.94. The maximum Gasteiger partial charge on any atom is 0.315 e. The first-order valence-electron chi connectivity index (χ1n) is 15.5. The van der Waals surface area contributed by atoms with Gasteiger partial charge in [0.2, 0.25) is 0 Å². The third-order valence-electron chi connectivity index (χ3n) is 7.46. The Hall–Kier alpha value is -5.58. The second-order valence-electron chi connectivity index (χ2n) is 11.1. The molecule has 6 aromatic carbocycles. The summed E-state index contributed by atoms with van der Waals surface area (Å²) in [4.78, 5) is -0.543. The van der Waals surface area contributed by atoms with Crippen LogP contribution < -0.4 is 31.5 Å². The molecule has 6 rings (SSSR count). The second kappa shape index (κ2) is 15.8. The standard InChI is InChI=1S/C34H30N6O10S4/c41-51(42,29-9-3-1-4-10-29)37-27-21-17-25(18-22-27)35-39-49-53(45,46)33-15-7-14-32-31(33)13-8-16-34(32)54(47,48)50-40-36-26-19-23-28(24-20-26)38-52(43,44)30-11-5-2-6-12-30/h1-24,35-40H. The van der Waals surface area contributed by atoms with Crippen LogP contribution in [0.15, 0.2) is 165 Å². The van der Waals surface area contributed by atoms with Crippen LogP contribution in [0.5, 0.6) is 0 Å². The van der Waals surface area contributed by atoms with Crippen molar-refractivity contribution in [3.8, 4) is 0 Å². The van der Waals surface area contributed by atoms with Gasteiger partial charge < -0.3 is 0 Å². The van der Waals surface area contributed by atoms with E-state index in [0.29, 0.717) is 11.4 Å². The van der Waals surface area contributed by atoms with Crippen LogP contribution in [0.1, 0.15) is 0 Å². The van der Waals surface area contributed by atoms with E-state index in [4.69, 9.17) is 8.57 Å². The number of hydrogen-bond acceptors (Lipinski definition) is 14. The third-order valence-corrected chi connectivity index (χ3v) is 12.6. The molecule has 280 valence electrons. The van der Waals surface area contributed by atoms with Gasteiger partial charge in [-0.2, -0.15) is 25.4 Å². The van der Waals surface area contributed by atoms with Crippen LogP contribution in [-0.4, -0.2) is 33.7 Å². The molecule has 20 heteroatoms. The Morgan fingerprint density at radius 3 is 1.04 bits per heavy atom. The number of benzene rings is 6. The lowest BCUT2D eigenvalue weighted by molar-refractivity contribution is 0.229. The highest BCUT2D eigenvalue weighted by Crippen LogP contribution is 2.30. The van der Waals surface area contributed by atoms with Gasteiger partial charge in [-0.25, -0.2) is 16.8 Å². The smallest absolute Gasteiger partial charge is 0.298 e. The zero-order valence-electron chi connectivity index (χ0n) is 27.6. The van der Waals surface area contributed by atoms with E-state index in [1.165, 1.54) is 109 Å². The first kappa shape index (κ1) is 38.2. The predicted molar refractivity (Wildman–Crippen MR) is 201 cm³/mol. The predicted octanol–water partition coefficient (Wildman–Crippen LogP) is 4.92. The molecule has 0 amide bonds. The maximum absolute atomic E-state index is 13.2. The van der Waals surface area contributed by atoms with Gasteiger partial charge in [0.25, 0.3) is 20.0 Å². The van der Waals surface area contributed by atoms with Gasteiger partial charge >= 0.3 is 20.2 Å². The lowest BCUT2D eigenvalue weighted by Crippen LogP contribution is -2.26. The monoisotopic (exact) mass is 810 g/mol. The Kier molecular flexibility index (Phi) is 11.2. The molecule has 54 heavy (non-hydrogen) atoms. The average molecular weight is 811 g/mol. The van der Waals surface area contributed by atoms with Crippen molar-refractivity contribution in [3.05, 3.63) is 146 Å². The number of fused-ring (bicyclic) bond motifs is 1. The number of sulfonamides is 2. The molecule has 0 fully saturated rings. The van der Waals surface area contributed by atoms with Gasteiger partial charge in [-0.05, 0) is 84.9 Å². The molecule has 0 aromatic heterocycles. The van der Waals surface area contributed by atoms with Gasteiger partial charge in [0.05, 0.1) is 21.2 Å². The fourth-order valence-electron chi connectivity index (χ4n) is 4.92. The Bertz CT molecular complexity index is 2520. The van der Waals surface area contributed by atoms with Crippen LogP contribution in [0, 0.1) is 0 Å². The van der Waals surface area contributed by atoms with E-state index in [1.807, 2.05) is 0 Å². The van der Waals surface area contributed by atoms with Gasteiger partial charge in [-0.15, -0.1) is 0 Å². The highest BCUT2D eigenvalue weighted by molar-refractivity contribution is 7.93. The van der Waals surface area contributed by atoms with Crippen molar-refractivity contribution in [2.24, 2.45) is 0 Å². The molecular formula is C34H30N6O10S4. The van der Waals surface area contributed by atoms with Crippen molar-refractivity contribution in [2.75, 3.05) is 20.3 Å². The van der Waals surface area contributed by atoms with Crippen LogP contribution in [0.3, 0.4) is 0 Å². The van der Waals surface area contributed by atoms with Crippen molar-refractivity contribution in [3.63, 3.8) is 0 Å². The van der Waals surface area contributed by atoms with E-state index in [1.54, 1.807) is 36.4 Å². The Balaban J connectivity index is 1.06. The van der Waals surface area contributed by atoms with Crippen molar-refractivity contribution in [1.29, 1.82) is 0 Å². The van der Waals surface area contributed by atoms with E-state index < -0.39 is 40.3 Å². The van der Waals surface area contributed by atoms with Crippen molar-refractivity contribution in [2.45, 2.75) is 19.6 Å². The molecular weight excluding hydrogens is 781 g/mol. The van der Waals surface area contributed by atoms with Crippen molar-refractivity contribution < 1.29 is 42.2 Å². The summed E-state index contributed by atoms with van der Waals surface area (Å²) in [6.07, 6.45) is 0. The lowest BCUT2D eigenvalue weighted by Gasteiger charge is -2.14. The first-order valence-corrected chi connectivity index (χ1v) is 21.3. The summed E-state index contributed by atoms with van der Waals surface area (Å²) in [5, 5.41) is 0.0288. The first-order chi connectivity index (χ1) is 25.7. The van der Waals surface area contributed by atoms with Gasteiger partial charge in [0.1, 0.15) is 9.79 Å². The molecule has 0 aliphatic carbocycles. The molecule has 0 aliphatic heterocycles. The SMILES string of the molecule is O=S(=O)(Nc1ccc(NNOS(=O)(=O)c2cccc3c(S(=O)(=O)ONNc4ccc(NS(=O)(=O)c5ccccc5)cc4)cccc23)cc1)c1ccccc1. The Morgan fingerprint density at radius 2 is 0.685 bits per heavy atom. The van der Waals surface area contributed by atoms with E-state index in [-0.39, 0.29) is 41.7 Å². The van der Waals surface area contributed by atoms with Gasteiger partial charge in [0, 0.05) is 22.1 Å². The largest absolute Gasteiger partial charge is 0.315 e. The minimum Gasteiger partial charge on any atom is -0.298 e. The molecule has 0 spiro atoms. The topological polar surface area (TPSA) is 227 Å².